The number of alkyl carbamates (subject to hydrolysis) is 1. The van der Waals surface area contributed by atoms with Crippen molar-refractivity contribution in [1.82, 2.24) is 20.0 Å². The van der Waals surface area contributed by atoms with E-state index < -0.39 is 59.8 Å². The van der Waals surface area contributed by atoms with Crippen LogP contribution in [0.25, 0.3) is 0 Å². The van der Waals surface area contributed by atoms with Gasteiger partial charge in [-0.1, -0.05) is 18.7 Å². The Labute approximate surface area is 226 Å². The molecule has 4 amide bonds. The van der Waals surface area contributed by atoms with Gasteiger partial charge in [0, 0.05) is 25.6 Å². The molecule has 39 heavy (non-hydrogen) atoms. The Morgan fingerprint density at radius 2 is 2.00 bits per heavy atom. The van der Waals surface area contributed by atoms with E-state index in [-0.39, 0.29) is 32.6 Å². The van der Waals surface area contributed by atoms with E-state index in [1.54, 1.807) is 32.9 Å². The Balaban J connectivity index is 1.73. The summed E-state index contributed by atoms with van der Waals surface area (Å²) in [5.74, 6) is -1.55. The first-order valence-electron chi connectivity index (χ1n) is 12.5. The van der Waals surface area contributed by atoms with Crippen LogP contribution in [0.4, 0.5) is 14.0 Å². The van der Waals surface area contributed by atoms with Gasteiger partial charge < -0.3 is 35.4 Å². The minimum absolute atomic E-state index is 0.0326. The Morgan fingerprint density at radius 1 is 1.31 bits per heavy atom. The summed E-state index contributed by atoms with van der Waals surface area (Å²) in [6, 6.07) is 2.42. The van der Waals surface area contributed by atoms with E-state index in [4.69, 9.17) is 15.2 Å². The van der Waals surface area contributed by atoms with Crippen LogP contribution >= 0.6 is 0 Å². The fourth-order valence-electron chi connectivity index (χ4n) is 4.57. The van der Waals surface area contributed by atoms with Crippen molar-refractivity contribution in [2.24, 2.45) is 5.73 Å². The number of benzene rings is 1. The van der Waals surface area contributed by atoms with Crippen LogP contribution in [0.2, 0.25) is 0 Å². The van der Waals surface area contributed by atoms with Crippen LogP contribution in [0.5, 0.6) is 0 Å². The normalized spacial score (nSPS) is 20.1. The van der Waals surface area contributed by atoms with E-state index in [1.165, 1.54) is 27.8 Å². The number of likely N-dealkylation sites (N-methyl/N-ethyl adjacent to an activating group) is 1. The number of nitrogens with zero attached hydrogens (tertiary/aromatic N) is 3. The van der Waals surface area contributed by atoms with Crippen molar-refractivity contribution in [3.05, 3.63) is 47.8 Å². The molecule has 2 heterocycles. The van der Waals surface area contributed by atoms with E-state index in [1.807, 2.05) is 0 Å². The zero-order valence-corrected chi connectivity index (χ0v) is 22.6. The molecule has 3 unspecified atom stereocenters. The summed E-state index contributed by atoms with van der Waals surface area (Å²) in [4.78, 5) is 54.8. The standard InChI is InChI=1S/C26H36FN5O7/c1-6-21(33)30(5)14-19(29-24(36)39-26(2,3)4)23(35)32-12-16(10-20(32)22(28)34)38-25(37)31-11-15-8-7-9-18(27)17(15)13-31/h6-9,16,19-20,22,34H,1,10-14,28H2,2-5H3,(H,29,36)/t16?,19-,20?,22?/m0/s1. The number of carbonyl (C=O) groups is 4. The van der Waals surface area contributed by atoms with Gasteiger partial charge in [-0.25, -0.2) is 14.0 Å². The second kappa shape index (κ2) is 12.0. The van der Waals surface area contributed by atoms with Crippen molar-refractivity contribution in [2.45, 2.75) is 70.3 Å². The minimum Gasteiger partial charge on any atom is -0.444 e. The van der Waals surface area contributed by atoms with E-state index >= 15 is 0 Å². The van der Waals surface area contributed by atoms with Crippen LogP contribution in [-0.4, -0.2) is 94.0 Å². The molecule has 2 aliphatic heterocycles. The van der Waals surface area contributed by atoms with Crippen LogP contribution in [-0.2, 0) is 32.2 Å². The minimum atomic E-state index is -1.47. The highest BCUT2D eigenvalue weighted by molar-refractivity contribution is 5.89. The van der Waals surface area contributed by atoms with Crippen LogP contribution in [0.1, 0.15) is 38.3 Å². The summed E-state index contributed by atoms with van der Waals surface area (Å²) in [6.45, 7) is 8.27. The number of nitrogens with two attached hydrogens (primary N) is 1. The first-order chi connectivity index (χ1) is 18.2. The fourth-order valence-corrected chi connectivity index (χ4v) is 4.57. The number of hydrogen-bond acceptors (Lipinski definition) is 8. The number of ether oxygens (including phenoxy) is 2. The first-order valence-corrected chi connectivity index (χ1v) is 12.5. The number of carbonyl (C=O) groups excluding carboxylic acids is 4. The van der Waals surface area contributed by atoms with Crippen molar-refractivity contribution >= 4 is 24.0 Å². The van der Waals surface area contributed by atoms with Crippen LogP contribution in [0.3, 0.4) is 0 Å². The summed E-state index contributed by atoms with van der Waals surface area (Å²) in [5.41, 5.74) is 6.00. The molecule has 4 atom stereocenters. The summed E-state index contributed by atoms with van der Waals surface area (Å²) in [5, 5.41) is 12.7. The maximum absolute atomic E-state index is 14.1. The molecular formula is C26H36FN5O7. The van der Waals surface area contributed by atoms with Crippen molar-refractivity contribution in [2.75, 3.05) is 20.1 Å². The Kier molecular flexibility index (Phi) is 9.18. The van der Waals surface area contributed by atoms with Crippen LogP contribution in [0, 0.1) is 5.82 Å². The molecule has 1 saturated heterocycles. The zero-order valence-electron chi connectivity index (χ0n) is 22.6. The molecule has 2 aliphatic rings. The highest BCUT2D eigenvalue weighted by atomic mass is 19.1. The smallest absolute Gasteiger partial charge is 0.410 e. The van der Waals surface area contributed by atoms with Crippen molar-refractivity contribution in [3.8, 4) is 0 Å². The van der Waals surface area contributed by atoms with Gasteiger partial charge in [-0.05, 0) is 38.5 Å². The van der Waals surface area contributed by atoms with Gasteiger partial charge in [0.1, 0.15) is 29.8 Å². The van der Waals surface area contributed by atoms with Gasteiger partial charge in [0.05, 0.1) is 25.7 Å². The number of nitrogens with one attached hydrogen (secondary N) is 1. The van der Waals surface area contributed by atoms with E-state index in [9.17, 15) is 28.7 Å². The molecule has 1 fully saturated rings. The molecule has 214 valence electrons. The second-order valence-electron chi connectivity index (χ2n) is 10.6. The number of hydrogen-bond donors (Lipinski definition) is 3. The molecule has 0 bridgehead atoms. The Bertz CT molecular complexity index is 1120. The lowest BCUT2D eigenvalue weighted by Crippen LogP contribution is -2.57. The number of halogens is 1. The van der Waals surface area contributed by atoms with Crippen molar-refractivity contribution in [3.63, 3.8) is 0 Å². The topological polar surface area (TPSA) is 155 Å². The monoisotopic (exact) mass is 549 g/mol. The molecule has 0 radical (unpaired) electrons. The lowest BCUT2D eigenvalue weighted by Gasteiger charge is -2.32. The summed E-state index contributed by atoms with van der Waals surface area (Å²) < 4.78 is 25.0. The highest BCUT2D eigenvalue weighted by Gasteiger charge is 2.43. The summed E-state index contributed by atoms with van der Waals surface area (Å²) >= 11 is 0. The zero-order chi connectivity index (χ0) is 29.1. The number of fused-ring (bicyclic) bond motifs is 1. The summed E-state index contributed by atoms with van der Waals surface area (Å²) in [7, 11) is 1.43. The predicted octanol–water partition coefficient (Wildman–Crippen LogP) is 1.06. The van der Waals surface area contributed by atoms with Gasteiger partial charge in [0.2, 0.25) is 11.8 Å². The number of rotatable bonds is 7. The summed E-state index contributed by atoms with van der Waals surface area (Å²) in [6.07, 6.45) is -2.78. The molecular weight excluding hydrogens is 513 g/mol. The fraction of sp³-hybridized carbons (Fsp3) is 0.538. The van der Waals surface area contributed by atoms with E-state index in [2.05, 4.69) is 11.9 Å². The number of aliphatic hydroxyl groups is 1. The highest BCUT2D eigenvalue weighted by Crippen LogP contribution is 2.28. The molecule has 0 saturated carbocycles. The second-order valence-corrected chi connectivity index (χ2v) is 10.6. The Hall–Kier alpha value is -3.71. The maximum atomic E-state index is 14.1. The molecule has 1 aromatic carbocycles. The molecule has 0 spiro atoms. The maximum Gasteiger partial charge on any atom is 0.410 e. The molecule has 0 aromatic heterocycles. The van der Waals surface area contributed by atoms with Gasteiger partial charge in [0.25, 0.3) is 0 Å². The van der Waals surface area contributed by atoms with Gasteiger partial charge in [-0.3, -0.25) is 14.5 Å². The third kappa shape index (κ3) is 7.45. The average molecular weight is 550 g/mol. The van der Waals surface area contributed by atoms with Crippen LogP contribution < -0.4 is 11.1 Å². The largest absolute Gasteiger partial charge is 0.444 e. The van der Waals surface area contributed by atoms with Gasteiger partial charge in [-0.2, -0.15) is 0 Å². The SMILES string of the molecule is C=CC(=O)N(C)C[C@H](NC(=O)OC(C)(C)C)C(=O)N1CC(OC(=O)N2Cc3cccc(F)c3C2)CC1C(N)O. The number of likely N-dealkylation sites (tertiary alicyclic amines) is 1. The van der Waals surface area contributed by atoms with Gasteiger partial charge in [-0.15, -0.1) is 0 Å². The third-order valence-electron chi connectivity index (χ3n) is 6.43. The van der Waals surface area contributed by atoms with E-state index in [0.717, 1.165) is 6.08 Å². The number of amides is 4. The first kappa shape index (κ1) is 29.8. The van der Waals surface area contributed by atoms with Crippen molar-refractivity contribution in [1.29, 1.82) is 0 Å². The lowest BCUT2D eigenvalue weighted by molar-refractivity contribution is -0.137. The molecule has 13 heteroatoms. The van der Waals surface area contributed by atoms with Gasteiger partial charge >= 0.3 is 12.2 Å². The van der Waals surface area contributed by atoms with Crippen molar-refractivity contribution < 1.29 is 38.1 Å². The lowest BCUT2D eigenvalue weighted by atomic mass is 10.1. The third-order valence-corrected chi connectivity index (χ3v) is 6.43. The number of aliphatic hydroxyl groups excluding tert-OH is 1. The Morgan fingerprint density at radius 3 is 2.59 bits per heavy atom. The molecule has 4 N–H and O–H groups in total. The van der Waals surface area contributed by atoms with Crippen LogP contribution in [0.15, 0.2) is 30.9 Å². The molecule has 0 aliphatic carbocycles. The molecule has 1 aromatic rings. The molecule has 3 rings (SSSR count). The predicted molar refractivity (Wildman–Crippen MR) is 137 cm³/mol. The molecule has 12 nitrogen and oxygen atoms in total. The van der Waals surface area contributed by atoms with E-state index in [0.29, 0.717) is 11.1 Å². The average Bonchev–Trinajstić information content (AvgIpc) is 3.47. The quantitative estimate of drug-likeness (QED) is 0.337. The van der Waals surface area contributed by atoms with Gasteiger partial charge in [0.15, 0.2) is 0 Å².